The summed E-state index contributed by atoms with van der Waals surface area (Å²) in [6.07, 6.45) is 1.33. The number of nitrogens with zero attached hydrogens (tertiary/aromatic N) is 2. The van der Waals surface area contributed by atoms with Crippen molar-refractivity contribution in [2.75, 3.05) is 45.8 Å². The Hall–Kier alpha value is -0.610. The van der Waals surface area contributed by atoms with Gasteiger partial charge in [0.05, 0.1) is 0 Å². The number of hydrogen-bond acceptors (Lipinski definition) is 3. The van der Waals surface area contributed by atoms with Crippen LogP contribution in [-0.2, 0) is 0 Å². The third-order valence-corrected chi connectivity index (χ3v) is 4.86. The smallest absolute Gasteiger partial charge is 0.0233 e. The Morgan fingerprint density at radius 2 is 1.86 bits per heavy atom. The van der Waals surface area contributed by atoms with E-state index in [0.717, 1.165) is 6.04 Å². The lowest BCUT2D eigenvalue weighted by molar-refractivity contribution is 0.0993. The molecule has 1 aromatic rings. The topological polar surface area (TPSA) is 18.5 Å². The summed E-state index contributed by atoms with van der Waals surface area (Å²) in [5, 5.41) is 3.48. The lowest BCUT2D eigenvalue weighted by Gasteiger charge is -2.38. The summed E-state index contributed by atoms with van der Waals surface area (Å²) in [6, 6.07) is 11.7. The predicted octanol–water partition coefficient (Wildman–Crippen LogP) is 2.19. The molecule has 0 radical (unpaired) electrons. The SMILES string of the molecule is CC(CN1CCN(C2CCNC2)CC1)c1ccccc1.Cl. The van der Waals surface area contributed by atoms with E-state index in [4.69, 9.17) is 0 Å². The van der Waals surface area contributed by atoms with Gasteiger partial charge in [-0.05, 0) is 24.4 Å². The molecule has 0 amide bonds. The van der Waals surface area contributed by atoms with Crippen molar-refractivity contribution in [3.05, 3.63) is 35.9 Å². The van der Waals surface area contributed by atoms with Crippen molar-refractivity contribution >= 4 is 12.4 Å². The average molecular weight is 310 g/mol. The quantitative estimate of drug-likeness (QED) is 0.920. The van der Waals surface area contributed by atoms with Crippen LogP contribution in [0.3, 0.4) is 0 Å². The Kier molecular flexibility index (Phi) is 6.49. The predicted molar refractivity (Wildman–Crippen MR) is 91.4 cm³/mol. The van der Waals surface area contributed by atoms with Gasteiger partial charge >= 0.3 is 0 Å². The second kappa shape index (κ2) is 8.14. The number of rotatable bonds is 4. The van der Waals surface area contributed by atoms with Crippen LogP contribution in [0.5, 0.6) is 0 Å². The molecule has 118 valence electrons. The van der Waals surface area contributed by atoms with Crippen LogP contribution in [0.4, 0.5) is 0 Å². The van der Waals surface area contributed by atoms with Crippen LogP contribution in [0.2, 0.25) is 0 Å². The first kappa shape index (κ1) is 16.8. The first-order chi connectivity index (χ1) is 9.83. The largest absolute Gasteiger partial charge is 0.315 e. The van der Waals surface area contributed by atoms with E-state index in [1.165, 1.54) is 57.8 Å². The minimum atomic E-state index is 0. The van der Waals surface area contributed by atoms with Crippen LogP contribution < -0.4 is 5.32 Å². The molecule has 2 fully saturated rings. The van der Waals surface area contributed by atoms with Crippen LogP contribution in [0.15, 0.2) is 30.3 Å². The van der Waals surface area contributed by atoms with Crippen molar-refractivity contribution in [1.82, 2.24) is 15.1 Å². The zero-order valence-corrected chi connectivity index (χ0v) is 13.8. The molecule has 2 atom stereocenters. The van der Waals surface area contributed by atoms with Gasteiger partial charge in [-0.1, -0.05) is 37.3 Å². The molecular formula is C17H28ClN3. The van der Waals surface area contributed by atoms with Gasteiger partial charge in [0, 0.05) is 45.3 Å². The first-order valence-electron chi connectivity index (χ1n) is 8.05. The molecule has 2 aliphatic rings. The monoisotopic (exact) mass is 309 g/mol. The summed E-state index contributed by atoms with van der Waals surface area (Å²) in [4.78, 5) is 5.32. The molecule has 2 saturated heterocycles. The fourth-order valence-corrected chi connectivity index (χ4v) is 3.54. The molecule has 1 aromatic carbocycles. The molecule has 3 rings (SSSR count). The lowest BCUT2D eigenvalue weighted by Crippen LogP contribution is -2.51. The minimum Gasteiger partial charge on any atom is -0.315 e. The molecule has 2 unspecified atom stereocenters. The van der Waals surface area contributed by atoms with Gasteiger partial charge in [-0.3, -0.25) is 4.90 Å². The highest BCUT2D eigenvalue weighted by Gasteiger charge is 2.26. The molecule has 2 aliphatic heterocycles. The average Bonchev–Trinajstić information content (AvgIpc) is 3.03. The Balaban J connectivity index is 0.00000161. The Morgan fingerprint density at radius 3 is 2.48 bits per heavy atom. The maximum atomic E-state index is 3.48. The van der Waals surface area contributed by atoms with E-state index >= 15 is 0 Å². The zero-order chi connectivity index (χ0) is 13.8. The second-order valence-electron chi connectivity index (χ2n) is 6.29. The molecule has 21 heavy (non-hydrogen) atoms. The number of piperazine rings is 1. The van der Waals surface area contributed by atoms with Gasteiger partial charge in [-0.2, -0.15) is 0 Å². The molecule has 0 saturated carbocycles. The van der Waals surface area contributed by atoms with Gasteiger partial charge in [-0.25, -0.2) is 0 Å². The molecule has 0 aromatic heterocycles. The maximum Gasteiger partial charge on any atom is 0.0233 e. The molecular weight excluding hydrogens is 282 g/mol. The van der Waals surface area contributed by atoms with E-state index in [9.17, 15) is 0 Å². The van der Waals surface area contributed by atoms with E-state index in [0.29, 0.717) is 5.92 Å². The van der Waals surface area contributed by atoms with Crippen molar-refractivity contribution in [3.63, 3.8) is 0 Å². The minimum absolute atomic E-state index is 0. The van der Waals surface area contributed by atoms with E-state index in [2.05, 4.69) is 52.4 Å². The van der Waals surface area contributed by atoms with Crippen molar-refractivity contribution in [2.45, 2.75) is 25.3 Å². The molecule has 0 bridgehead atoms. The molecule has 1 N–H and O–H groups in total. The van der Waals surface area contributed by atoms with Crippen molar-refractivity contribution in [1.29, 1.82) is 0 Å². The van der Waals surface area contributed by atoms with Crippen LogP contribution in [0.1, 0.15) is 24.8 Å². The van der Waals surface area contributed by atoms with Crippen LogP contribution in [0.25, 0.3) is 0 Å². The third-order valence-electron chi connectivity index (χ3n) is 4.86. The molecule has 2 heterocycles. The molecule has 0 spiro atoms. The third kappa shape index (κ3) is 4.43. The van der Waals surface area contributed by atoms with E-state index in [1.807, 2.05) is 0 Å². The lowest BCUT2D eigenvalue weighted by atomic mass is 10.0. The fourth-order valence-electron chi connectivity index (χ4n) is 3.54. The molecule has 0 aliphatic carbocycles. The van der Waals surface area contributed by atoms with Gasteiger partial charge in [-0.15, -0.1) is 12.4 Å². The first-order valence-corrected chi connectivity index (χ1v) is 8.05. The van der Waals surface area contributed by atoms with Crippen molar-refractivity contribution in [3.8, 4) is 0 Å². The molecule has 3 nitrogen and oxygen atoms in total. The highest BCUT2D eigenvalue weighted by Crippen LogP contribution is 2.18. The van der Waals surface area contributed by atoms with Crippen LogP contribution >= 0.6 is 12.4 Å². The van der Waals surface area contributed by atoms with Gasteiger partial charge < -0.3 is 10.2 Å². The normalized spacial score (nSPS) is 25.5. The summed E-state index contributed by atoms with van der Waals surface area (Å²) in [6.45, 7) is 10.9. The number of halogens is 1. The highest BCUT2D eigenvalue weighted by molar-refractivity contribution is 5.85. The number of benzene rings is 1. The summed E-state index contributed by atoms with van der Waals surface area (Å²) in [7, 11) is 0. The standard InChI is InChI=1S/C17H27N3.ClH/c1-15(16-5-3-2-4-6-16)14-19-9-11-20(12-10-19)17-7-8-18-13-17;/h2-6,15,17-18H,7-14H2,1H3;1H. The van der Waals surface area contributed by atoms with E-state index in [-0.39, 0.29) is 12.4 Å². The van der Waals surface area contributed by atoms with Gasteiger partial charge in [0.15, 0.2) is 0 Å². The summed E-state index contributed by atoms with van der Waals surface area (Å²) in [5.74, 6) is 0.635. The van der Waals surface area contributed by atoms with E-state index in [1.54, 1.807) is 0 Å². The van der Waals surface area contributed by atoms with Gasteiger partial charge in [0.1, 0.15) is 0 Å². The van der Waals surface area contributed by atoms with Crippen LogP contribution in [-0.4, -0.2) is 61.7 Å². The summed E-state index contributed by atoms with van der Waals surface area (Å²) >= 11 is 0. The van der Waals surface area contributed by atoms with Crippen molar-refractivity contribution < 1.29 is 0 Å². The number of hydrogen-bond donors (Lipinski definition) is 1. The Bertz CT molecular complexity index is 398. The van der Waals surface area contributed by atoms with Gasteiger partial charge in [0.2, 0.25) is 0 Å². The zero-order valence-electron chi connectivity index (χ0n) is 13.0. The fraction of sp³-hybridized carbons (Fsp3) is 0.647. The summed E-state index contributed by atoms with van der Waals surface area (Å²) < 4.78 is 0. The Morgan fingerprint density at radius 1 is 1.14 bits per heavy atom. The highest BCUT2D eigenvalue weighted by atomic mass is 35.5. The molecule has 4 heteroatoms. The Labute approximate surface area is 135 Å². The maximum absolute atomic E-state index is 3.48. The van der Waals surface area contributed by atoms with Gasteiger partial charge in [0.25, 0.3) is 0 Å². The van der Waals surface area contributed by atoms with E-state index < -0.39 is 0 Å². The number of nitrogens with one attached hydrogen (secondary N) is 1. The summed E-state index contributed by atoms with van der Waals surface area (Å²) in [5.41, 5.74) is 1.47. The van der Waals surface area contributed by atoms with Crippen LogP contribution in [0, 0.1) is 0 Å². The van der Waals surface area contributed by atoms with Crippen molar-refractivity contribution in [2.24, 2.45) is 0 Å². The second-order valence-corrected chi connectivity index (χ2v) is 6.29.